The summed E-state index contributed by atoms with van der Waals surface area (Å²) in [4.78, 5) is 23.6. The van der Waals surface area contributed by atoms with Crippen LogP contribution in [0.1, 0.15) is 44.0 Å². The molecule has 0 aliphatic carbocycles. The Kier molecular flexibility index (Phi) is 5.88. The van der Waals surface area contributed by atoms with Gasteiger partial charge in [0.2, 0.25) is 5.91 Å². The summed E-state index contributed by atoms with van der Waals surface area (Å²) in [7, 11) is 0. The van der Waals surface area contributed by atoms with Crippen LogP contribution in [0.2, 0.25) is 5.02 Å². The Labute approximate surface area is 142 Å². The van der Waals surface area contributed by atoms with Crippen molar-refractivity contribution in [2.45, 2.75) is 45.7 Å². The highest BCUT2D eigenvalue weighted by molar-refractivity contribution is 6.34. The van der Waals surface area contributed by atoms with Crippen molar-refractivity contribution in [1.29, 1.82) is 0 Å². The first kappa shape index (κ1) is 17.6. The lowest BCUT2D eigenvalue weighted by Crippen LogP contribution is -2.47. The second-order valence-corrected chi connectivity index (χ2v) is 6.79. The molecule has 5 nitrogen and oxygen atoms in total. The fourth-order valence-corrected chi connectivity index (χ4v) is 2.54. The van der Waals surface area contributed by atoms with Gasteiger partial charge in [0.25, 0.3) is 5.91 Å². The molecule has 2 atom stereocenters. The van der Waals surface area contributed by atoms with E-state index in [1.165, 1.54) is 0 Å². The molecule has 0 radical (unpaired) electrons. The Balaban J connectivity index is 2.05. The Morgan fingerprint density at radius 3 is 2.70 bits per heavy atom. The van der Waals surface area contributed by atoms with Crippen LogP contribution in [-0.4, -0.2) is 30.4 Å². The van der Waals surface area contributed by atoms with Crippen LogP contribution in [0, 0.1) is 5.92 Å². The van der Waals surface area contributed by atoms with Crippen molar-refractivity contribution < 1.29 is 9.59 Å². The second-order valence-electron chi connectivity index (χ2n) is 6.38. The number of hydrogen-bond acceptors (Lipinski definition) is 3. The van der Waals surface area contributed by atoms with Gasteiger partial charge in [0.15, 0.2) is 0 Å². The van der Waals surface area contributed by atoms with Gasteiger partial charge in [0, 0.05) is 30.7 Å². The molecule has 0 saturated carbocycles. The number of piperidine rings is 1. The summed E-state index contributed by atoms with van der Waals surface area (Å²) in [6.07, 6.45) is 1.09. The van der Waals surface area contributed by atoms with Gasteiger partial charge in [0.1, 0.15) is 0 Å². The van der Waals surface area contributed by atoms with E-state index < -0.39 is 0 Å². The topological polar surface area (TPSA) is 70.2 Å². The first-order valence-corrected chi connectivity index (χ1v) is 8.38. The molecule has 23 heavy (non-hydrogen) atoms. The van der Waals surface area contributed by atoms with Crippen LogP contribution in [0.25, 0.3) is 0 Å². The van der Waals surface area contributed by atoms with Crippen LogP contribution in [0.4, 0.5) is 5.69 Å². The molecule has 2 rings (SSSR count). The van der Waals surface area contributed by atoms with Gasteiger partial charge in [-0.2, -0.15) is 0 Å². The molecule has 1 aliphatic heterocycles. The molecule has 3 N–H and O–H groups in total. The SMILES string of the molecule is CC(C)[C@H](C)Nc1ccc(Cl)c(C(=O)N[C@@H]2CCC(=O)NC2)c1. The van der Waals surface area contributed by atoms with Gasteiger partial charge in [-0.3, -0.25) is 9.59 Å². The number of carbonyl (C=O) groups is 2. The highest BCUT2D eigenvalue weighted by Gasteiger charge is 2.21. The van der Waals surface area contributed by atoms with E-state index in [0.29, 0.717) is 41.9 Å². The fourth-order valence-electron chi connectivity index (χ4n) is 2.34. The average Bonchev–Trinajstić information content (AvgIpc) is 2.51. The largest absolute Gasteiger partial charge is 0.382 e. The Morgan fingerprint density at radius 1 is 1.35 bits per heavy atom. The van der Waals surface area contributed by atoms with Crippen molar-refractivity contribution in [2.24, 2.45) is 5.92 Å². The molecule has 1 saturated heterocycles. The zero-order chi connectivity index (χ0) is 17.0. The maximum atomic E-state index is 12.5. The number of hydrogen-bond donors (Lipinski definition) is 3. The first-order valence-electron chi connectivity index (χ1n) is 8.00. The molecule has 126 valence electrons. The van der Waals surface area contributed by atoms with E-state index in [9.17, 15) is 9.59 Å². The predicted octanol–water partition coefficient (Wildman–Crippen LogP) is 2.80. The smallest absolute Gasteiger partial charge is 0.253 e. The molecule has 0 spiro atoms. The van der Waals surface area contributed by atoms with Crippen molar-refractivity contribution in [3.05, 3.63) is 28.8 Å². The molecule has 1 fully saturated rings. The van der Waals surface area contributed by atoms with Crippen LogP contribution >= 0.6 is 11.6 Å². The van der Waals surface area contributed by atoms with Crippen molar-refractivity contribution >= 4 is 29.1 Å². The minimum Gasteiger partial charge on any atom is -0.382 e. The van der Waals surface area contributed by atoms with E-state index in [4.69, 9.17) is 11.6 Å². The first-order chi connectivity index (χ1) is 10.9. The molecular formula is C17H24ClN3O2. The van der Waals surface area contributed by atoms with E-state index >= 15 is 0 Å². The molecule has 1 aliphatic rings. The highest BCUT2D eigenvalue weighted by atomic mass is 35.5. The third kappa shape index (κ3) is 4.86. The van der Waals surface area contributed by atoms with Crippen molar-refractivity contribution in [2.75, 3.05) is 11.9 Å². The molecule has 1 aromatic carbocycles. The predicted molar refractivity (Wildman–Crippen MR) is 92.9 cm³/mol. The average molecular weight is 338 g/mol. The molecule has 2 amide bonds. The third-order valence-corrected chi connectivity index (χ3v) is 4.54. The second kappa shape index (κ2) is 7.68. The van der Waals surface area contributed by atoms with Crippen LogP contribution in [0.5, 0.6) is 0 Å². The van der Waals surface area contributed by atoms with Crippen LogP contribution in [-0.2, 0) is 4.79 Å². The summed E-state index contributed by atoms with van der Waals surface area (Å²) in [5.74, 6) is 0.299. The fraction of sp³-hybridized carbons (Fsp3) is 0.529. The van der Waals surface area contributed by atoms with Gasteiger partial charge >= 0.3 is 0 Å². The monoisotopic (exact) mass is 337 g/mol. The maximum absolute atomic E-state index is 12.5. The van der Waals surface area contributed by atoms with Crippen molar-refractivity contribution in [1.82, 2.24) is 10.6 Å². The Morgan fingerprint density at radius 2 is 2.09 bits per heavy atom. The van der Waals surface area contributed by atoms with Gasteiger partial charge in [-0.1, -0.05) is 25.4 Å². The summed E-state index contributed by atoms with van der Waals surface area (Å²) in [5.41, 5.74) is 1.32. The molecule has 0 bridgehead atoms. The van der Waals surface area contributed by atoms with E-state index in [1.54, 1.807) is 12.1 Å². The Hall–Kier alpha value is -1.75. The molecule has 1 aromatic rings. The van der Waals surface area contributed by atoms with E-state index in [2.05, 4.69) is 36.7 Å². The van der Waals surface area contributed by atoms with Crippen LogP contribution < -0.4 is 16.0 Å². The molecule has 0 aromatic heterocycles. The Bertz CT molecular complexity index is 579. The standard InChI is InChI=1S/C17H24ClN3O2/c1-10(2)11(3)20-12-4-6-15(18)14(8-12)17(23)21-13-5-7-16(22)19-9-13/h4,6,8,10-11,13,20H,5,7,9H2,1-3H3,(H,19,22)(H,21,23)/t11-,13+/m0/s1. The number of halogens is 1. The summed E-state index contributed by atoms with van der Waals surface area (Å²) >= 11 is 6.17. The van der Waals surface area contributed by atoms with Gasteiger partial charge in [0.05, 0.1) is 10.6 Å². The summed E-state index contributed by atoms with van der Waals surface area (Å²) in [5, 5.41) is 9.49. The number of nitrogens with one attached hydrogen (secondary N) is 3. The van der Waals surface area contributed by atoms with Crippen LogP contribution in [0.3, 0.4) is 0 Å². The number of benzene rings is 1. The van der Waals surface area contributed by atoms with Gasteiger partial charge < -0.3 is 16.0 Å². The van der Waals surface area contributed by atoms with E-state index in [1.807, 2.05) is 6.07 Å². The number of anilines is 1. The maximum Gasteiger partial charge on any atom is 0.253 e. The summed E-state index contributed by atoms with van der Waals surface area (Å²) in [6.45, 7) is 6.84. The molecule has 6 heteroatoms. The van der Waals surface area contributed by atoms with Crippen molar-refractivity contribution in [3.8, 4) is 0 Å². The lowest BCUT2D eigenvalue weighted by molar-refractivity contribution is -0.122. The van der Waals surface area contributed by atoms with Gasteiger partial charge in [-0.15, -0.1) is 0 Å². The van der Waals surface area contributed by atoms with E-state index in [0.717, 1.165) is 5.69 Å². The number of amides is 2. The minimum atomic E-state index is -0.211. The van der Waals surface area contributed by atoms with Gasteiger partial charge in [-0.05, 0) is 37.5 Å². The molecule has 0 unspecified atom stereocenters. The van der Waals surface area contributed by atoms with E-state index in [-0.39, 0.29) is 17.9 Å². The number of carbonyl (C=O) groups excluding carboxylic acids is 2. The lowest BCUT2D eigenvalue weighted by atomic mass is 10.0. The summed E-state index contributed by atoms with van der Waals surface area (Å²) in [6, 6.07) is 5.62. The minimum absolute atomic E-state index is 0.0300. The lowest BCUT2D eigenvalue weighted by Gasteiger charge is -2.24. The van der Waals surface area contributed by atoms with Gasteiger partial charge in [-0.25, -0.2) is 0 Å². The van der Waals surface area contributed by atoms with Crippen molar-refractivity contribution in [3.63, 3.8) is 0 Å². The molecule has 1 heterocycles. The highest BCUT2D eigenvalue weighted by Crippen LogP contribution is 2.22. The van der Waals surface area contributed by atoms with Crippen LogP contribution in [0.15, 0.2) is 18.2 Å². The normalized spacial score (nSPS) is 19.2. The quantitative estimate of drug-likeness (QED) is 0.773. The molecular weight excluding hydrogens is 314 g/mol. The summed E-state index contributed by atoms with van der Waals surface area (Å²) < 4.78 is 0. The zero-order valence-electron chi connectivity index (χ0n) is 13.8. The zero-order valence-corrected chi connectivity index (χ0v) is 14.5. The third-order valence-electron chi connectivity index (χ3n) is 4.21. The number of rotatable bonds is 5.